The molecule has 80 valence electrons. The summed E-state index contributed by atoms with van der Waals surface area (Å²) in [5.74, 6) is 2.62. The number of allylic oxidation sites excluding steroid dienone is 1. The van der Waals surface area contributed by atoms with E-state index in [-0.39, 0.29) is 0 Å². The number of thioether (sulfide) groups is 1. The highest BCUT2D eigenvalue weighted by Gasteiger charge is 2.32. The van der Waals surface area contributed by atoms with E-state index in [4.69, 9.17) is 0 Å². The summed E-state index contributed by atoms with van der Waals surface area (Å²) in [5, 5.41) is 0. The van der Waals surface area contributed by atoms with Crippen LogP contribution >= 0.6 is 11.8 Å². The van der Waals surface area contributed by atoms with Gasteiger partial charge in [0.05, 0.1) is 0 Å². The van der Waals surface area contributed by atoms with E-state index in [1.807, 2.05) is 11.8 Å². The Labute approximate surface area is 91.9 Å². The Balaban J connectivity index is 2.11. The summed E-state index contributed by atoms with van der Waals surface area (Å²) in [6.45, 7) is 4.97. The van der Waals surface area contributed by atoms with Crippen molar-refractivity contribution in [3.8, 4) is 0 Å². The molecule has 3 atom stereocenters. The van der Waals surface area contributed by atoms with Crippen LogP contribution in [0.5, 0.6) is 0 Å². The van der Waals surface area contributed by atoms with Crippen molar-refractivity contribution in [2.45, 2.75) is 19.8 Å². The average molecular weight is 211 g/mol. The minimum absolute atomic E-state index is 0.814. The Kier molecular flexibility index (Phi) is 3.23. The molecule has 1 saturated heterocycles. The summed E-state index contributed by atoms with van der Waals surface area (Å²) in [7, 11) is 2.25. The first-order valence-corrected chi connectivity index (χ1v) is 6.87. The van der Waals surface area contributed by atoms with E-state index in [0.717, 1.165) is 17.8 Å². The van der Waals surface area contributed by atoms with E-state index in [2.05, 4.69) is 31.2 Å². The van der Waals surface area contributed by atoms with Gasteiger partial charge in [-0.2, -0.15) is 0 Å². The van der Waals surface area contributed by atoms with Crippen molar-refractivity contribution in [1.29, 1.82) is 0 Å². The predicted octanol–water partition coefficient (Wildman–Crippen LogP) is 2.84. The molecule has 1 heterocycles. The second-order valence-corrected chi connectivity index (χ2v) is 5.76. The number of nitrogens with zero attached hydrogens (tertiary/aromatic N) is 1. The molecule has 0 unspecified atom stereocenters. The summed E-state index contributed by atoms with van der Waals surface area (Å²) >= 11 is 1.95. The van der Waals surface area contributed by atoms with Crippen LogP contribution in [-0.4, -0.2) is 31.3 Å². The molecule has 1 nitrogen and oxygen atoms in total. The number of hydrogen-bond acceptors (Lipinski definition) is 2. The highest BCUT2D eigenvalue weighted by atomic mass is 32.2. The van der Waals surface area contributed by atoms with Crippen LogP contribution in [-0.2, 0) is 0 Å². The summed E-state index contributed by atoms with van der Waals surface area (Å²) in [4.78, 5) is 4.10. The van der Waals surface area contributed by atoms with Gasteiger partial charge in [-0.05, 0) is 55.3 Å². The van der Waals surface area contributed by atoms with Crippen LogP contribution in [0, 0.1) is 17.8 Å². The second-order valence-electron chi connectivity index (χ2n) is 4.88. The Bertz CT molecular complexity index is 236. The predicted molar refractivity (Wildman–Crippen MR) is 64.5 cm³/mol. The molecule has 0 saturated carbocycles. The van der Waals surface area contributed by atoms with Crippen LogP contribution in [0.2, 0.25) is 0 Å². The fourth-order valence-electron chi connectivity index (χ4n) is 2.90. The lowest BCUT2D eigenvalue weighted by Gasteiger charge is -2.40. The fourth-order valence-corrected chi connectivity index (χ4v) is 3.71. The van der Waals surface area contributed by atoms with Crippen molar-refractivity contribution >= 4 is 11.8 Å². The third-order valence-corrected chi connectivity index (χ3v) is 4.78. The van der Waals surface area contributed by atoms with E-state index in [1.54, 1.807) is 4.91 Å². The maximum Gasteiger partial charge on any atom is 0.00444 e. The summed E-state index contributed by atoms with van der Waals surface area (Å²) in [6.07, 6.45) is 7.60. The molecule has 0 amide bonds. The topological polar surface area (TPSA) is 3.24 Å². The molecule has 2 aliphatic rings. The van der Waals surface area contributed by atoms with E-state index in [0.29, 0.717) is 0 Å². The molecule has 0 aromatic heterocycles. The zero-order chi connectivity index (χ0) is 10.1. The molecule has 0 N–H and O–H groups in total. The molecule has 0 radical (unpaired) electrons. The minimum atomic E-state index is 0.814. The minimum Gasteiger partial charge on any atom is -0.306 e. The van der Waals surface area contributed by atoms with E-state index >= 15 is 0 Å². The standard InChI is InChI=1S/C12H21NS/c1-9-6-10-4-5-13(2)8-11(10)7-12(9)14-3/h7,9-11H,4-6,8H2,1-3H3/t9-,10-,11+/m1/s1. The van der Waals surface area contributed by atoms with Crippen LogP contribution in [0.4, 0.5) is 0 Å². The van der Waals surface area contributed by atoms with Gasteiger partial charge >= 0.3 is 0 Å². The van der Waals surface area contributed by atoms with Crippen molar-refractivity contribution in [2.75, 3.05) is 26.4 Å². The van der Waals surface area contributed by atoms with Gasteiger partial charge in [0.25, 0.3) is 0 Å². The van der Waals surface area contributed by atoms with Crippen molar-refractivity contribution in [3.05, 3.63) is 11.0 Å². The van der Waals surface area contributed by atoms with Gasteiger partial charge in [-0.15, -0.1) is 11.8 Å². The van der Waals surface area contributed by atoms with Gasteiger partial charge in [0.2, 0.25) is 0 Å². The smallest absolute Gasteiger partial charge is 0.00444 e. The summed E-state index contributed by atoms with van der Waals surface area (Å²) in [5.41, 5.74) is 0. The van der Waals surface area contributed by atoms with Gasteiger partial charge in [-0.3, -0.25) is 0 Å². The van der Waals surface area contributed by atoms with Crippen molar-refractivity contribution in [2.24, 2.45) is 17.8 Å². The first-order chi connectivity index (χ1) is 6.70. The Morgan fingerprint density at radius 2 is 2.29 bits per heavy atom. The molecule has 0 aromatic rings. The van der Waals surface area contributed by atoms with Crippen LogP contribution in [0.1, 0.15) is 19.8 Å². The lowest BCUT2D eigenvalue weighted by molar-refractivity contribution is 0.149. The van der Waals surface area contributed by atoms with Gasteiger partial charge < -0.3 is 4.90 Å². The van der Waals surface area contributed by atoms with Crippen molar-refractivity contribution < 1.29 is 0 Å². The quantitative estimate of drug-likeness (QED) is 0.656. The highest BCUT2D eigenvalue weighted by Crippen LogP contribution is 2.40. The van der Waals surface area contributed by atoms with Gasteiger partial charge in [0.15, 0.2) is 0 Å². The number of piperidine rings is 1. The van der Waals surface area contributed by atoms with Gasteiger partial charge in [0.1, 0.15) is 0 Å². The zero-order valence-corrected chi connectivity index (χ0v) is 10.3. The molecule has 1 aliphatic carbocycles. The molecule has 0 spiro atoms. The van der Waals surface area contributed by atoms with Crippen LogP contribution in [0.25, 0.3) is 0 Å². The fraction of sp³-hybridized carbons (Fsp3) is 0.833. The normalized spacial score (nSPS) is 39.1. The summed E-state index contributed by atoms with van der Waals surface area (Å²) < 4.78 is 0. The molecule has 1 aliphatic heterocycles. The lowest BCUT2D eigenvalue weighted by atomic mass is 9.75. The monoisotopic (exact) mass is 211 g/mol. The number of hydrogen-bond donors (Lipinski definition) is 0. The first-order valence-electron chi connectivity index (χ1n) is 5.65. The largest absolute Gasteiger partial charge is 0.306 e. The molecule has 0 bridgehead atoms. The van der Waals surface area contributed by atoms with Gasteiger partial charge in [-0.25, -0.2) is 0 Å². The van der Waals surface area contributed by atoms with Crippen molar-refractivity contribution in [1.82, 2.24) is 4.90 Å². The van der Waals surface area contributed by atoms with Gasteiger partial charge in [-0.1, -0.05) is 13.0 Å². The van der Waals surface area contributed by atoms with Crippen LogP contribution in [0.15, 0.2) is 11.0 Å². The molecular weight excluding hydrogens is 190 g/mol. The molecule has 1 fully saturated rings. The first kappa shape index (κ1) is 10.6. The van der Waals surface area contributed by atoms with Crippen LogP contribution < -0.4 is 0 Å². The van der Waals surface area contributed by atoms with E-state index in [9.17, 15) is 0 Å². The maximum absolute atomic E-state index is 2.55. The Morgan fingerprint density at radius 3 is 3.00 bits per heavy atom. The van der Waals surface area contributed by atoms with Crippen LogP contribution in [0.3, 0.4) is 0 Å². The number of fused-ring (bicyclic) bond motifs is 1. The zero-order valence-electron chi connectivity index (χ0n) is 9.49. The molecule has 2 rings (SSSR count). The molecule has 0 aromatic carbocycles. The highest BCUT2D eigenvalue weighted by molar-refractivity contribution is 8.02. The summed E-state index contributed by atoms with van der Waals surface area (Å²) in [6, 6.07) is 0. The lowest BCUT2D eigenvalue weighted by Crippen LogP contribution is -2.39. The Morgan fingerprint density at radius 1 is 1.50 bits per heavy atom. The molecule has 2 heteroatoms. The Hall–Kier alpha value is 0.0500. The number of likely N-dealkylation sites (tertiary alicyclic amines) is 1. The maximum atomic E-state index is 2.55. The van der Waals surface area contributed by atoms with E-state index < -0.39 is 0 Å². The number of rotatable bonds is 1. The second kappa shape index (κ2) is 4.28. The van der Waals surface area contributed by atoms with E-state index in [1.165, 1.54) is 25.9 Å². The average Bonchev–Trinajstić information content (AvgIpc) is 2.17. The SMILES string of the molecule is CSC1=C[C@H]2CN(C)CC[C@@H]2C[C@H]1C. The molecular formula is C12H21NS. The third-order valence-electron chi connectivity index (χ3n) is 3.77. The van der Waals surface area contributed by atoms with Crippen molar-refractivity contribution in [3.63, 3.8) is 0 Å². The third kappa shape index (κ3) is 2.01. The van der Waals surface area contributed by atoms with Gasteiger partial charge in [0, 0.05) is 6.54 Å². The molecule has 14 heavy (non-hydrogen) atoms.